The summed E-state index contributed by atoms with van der Waals surface area (Å²) in [4.78, 5) is 4.49. The van der Waals surface area contributed by atoms with Gasteiger partial charge in [-0.25, -0.2) is 8.42 Å². The standard InChI is InChI=1S/C7H7N3O3S2/c1-4-3-5(2)10-6(8-4)14-7(9-10)15(11,12)13/h3H,1-2H3. The lowest BCUT2D eigenvalue weighted by atomic mass is 10.4. The molecule has 2 aromatic rings. The van der Waals surface area contributed by atoms with Gasteiger partial charge in [-0.1, -0.05) is 9.61 Å². The number of hydrogen-bond donors (Lipinski definition) is 0. The van der Waals surface area contributed by atoms with Crippen LogP contribution in [0.3, 0.4) is 0 Å². The van der Waals surface area contributed by atoms with Crippen LogP contribution in [-0.2, 0) is 10.1 Å². The molecule has 0 saturated carbocycles. The van der Waals surface area contributed by atoms with E-state index in [1.54, 1.807) is 19.9 Å². The number of rotatable bonds is 1. The Labute approximate surface area is 90.0 Å². The largest absolute Gasteiger partial charge is 0.742 e. The summed E-state index contributed by atoms with van der Waals surface area (Å²) >= 11 is 0.773. The Bertz CT molecular complexity index is 632. The lowest BCUT2D eigenvalue weighted by Gasteiger charge is -1.96. The summed E-state index contributed by atoms with van der Waals surface area (Å²) in [5, 5.41) is 3.70. The molecular weight excluding hydrogens is 238 g/mol. The van der Waals surface area contributed by atoms with Crippen molar-refractivity contribution in [2.75, 3.05) is 0 Å². The minimum absolute atomic E-state index is 0.405. The minimum atomic E-state index is -4.50. The van der Waals surface area contributed by atoms with Gasteiger partial charge >= 0.3 is 4.96 Å². The highest BCUT2D eigenvalue weighted by atomic mass is 32.3. The smallest absolute Gasteiger partial charge is 0.410 e. The van der Waals surface area contributed by atoms with Crippen LogP contribution in [0.4, 0.5) is 0 Å². The quantitative estimate of drug-likeness (QED) is 0.513. The Morgan fingerprint density at radius 2 is 2.13 bits per heavy atom. The van der Waals surface area contributed by atoms with Gasteiger partial charge in [-0.3, -0.25) is 0 Å². The molecule has 0 unspecified atom stereocenters. The van der Waals surface area contributed by atoms with Gasteiger partial charge in [0.15, 0.2) is 15.8 Å². The second-order valence-electron chi connectivity index (χ2n) is 3.06. The number of hydrogen-bond acceptors (Lipinski definition) is 6. The fraction of sp³-hybridized carbons (Fsp3) is 0.286. The van der Waals surface area contributed by atoms with E-state index in [2.05, 4.69) is 10.1 Å². The lowest BCUT2D eigenvalue weighted by molar-refractivity contribution is -0.588. The molecule has 0 saturated heterocycles. The van der Waals surface area contributed by atoms with E-state index in [0.29, 0.717) is 4.96 Å². The topological polar surface area (TPSA) is 87.1 Å². The van der Waals surface area contributed by atoms with E-state index in [1.807, 2.05) is 0 Å². The van der Waals surface area contributed by atoms with Crippen LogP contribution in [0.5, 0.6) is 0 Å². The molecule has 0 bridgehead atoms. The zero-order chi connectivity index (χ0) is 11.2. The fourth-order valence-electron chi connectivity index (χ4n) is 1.21. The fourth-order valence-corrected chi connectivity index (χ4v) is 2.77. The molecule has 0 aliphatic heterocycles. The maximum absolute atomic E-state index is 10.7. The molecule has 0 aliphatic rings. The predicted molar refractivity (Wildman–Crippen MR) is 50.5 cm³/mol. The van der Waals surface area contributed by atoms with Crippen LogP contribution in [0.1, 0.15) is 11.4 Å². The molecule has 0 N–H and O–H groups in total. The highest BCUT2D eigenvalue weighted by Crippen LogP contribution is 2.14. The van der Waals surface area contributed by atoms with Crippen LogP contribution in [0, 0.1) is 13.8 Å². The van der Waals surface area contributed by atoms with Crippen LogP contribution in [-0.4, -0.2) is 23.1 Å². The third-order valence-corrected chi connectivity index (χ3v) is 3.85. The van der Waals surface area contributed by atoms with Gasteiger partial charge in [0.1, 0.15) is 5.69 Å². The van der Waals surface area contributed by atoms with Crippen LogP contribution >= 0.6 is 11.3 Å². The van der Waals surface area contributed by atoms with Crippen molar-refractivity contribution in [3.8, 4) is 0 Å². The van der Waals surface area contributed by atoms with E-state index in [-0.39, 0.29) is 0 Å². The summed E-state index contributed by atoms with van der Waals surface area (Å²) < 4.78 is 33.1. The van der Waals surface area contributed by atoms with Crippen molar-refractivity contribution in [2.24, 2.45) is 0 Å². The van der Waals surface area contributed by atoms with Crippen molar-refractivity contribution in [3.63, 3.8) is 0 Å². The number of aryl methyl sites for hydroxylation is 2. The lowest BCUT2D eigenvalue weighted by Crippen LogP contribution is -2.28. The first-order valence-corrected chi connectivity index (χ1v) is 6.23. The van der Waals surface area contributed by atoms with Crippen molar-refractivity contribution in [3.05, 3.63) is 17.5 Å². The van der Waals surface area contributed by atoms with Gasteiger partial charge in [0.2, 0.25) is 4.34 Å². The van der Waals surface area contributed by atoms with Gasteiger partial charge in [0.05, 0.1) is 0 Å². The molecule has 2 heterocycles. The van der Waals surface area contributed by atoms with Gasteiger partial charge in [0.25, 0.3) is 0 Å². The maximum Gasteiger partial charge on any atom is 0.410 e. The molecule has 0 radical (unpaired) electrons. The monoisotopic (exact) mass is 245 g/mol. The molecule has 80 valence electrons. The first-order chi connectivity index (χ1) is 6.88. The molecule has 0 fully saturated rings. The Kier molecular flexibility index (Phi) is 2.21. The third-order valence-electron chi connectivity index (χ3n) is 1.78. The van der Waals surface area contributed by atoms with Crippen molar-refractivity contribution in [2.45, 2.75) is 18.2 Å². The van der Waals surface area contributed by atoms with E-state index < -0.39 is 14.5 Å². The Morgan fingerprint density at radius 1 is 1.47 bits per heavy atom. The Hall–Kier alpha value is -1.12. The molecule has 0 aromatic carbocycles. The molecule has 15 heavy (non-hydrogen) atoms. The van der Waals surface area contributed by atoms with Crippen LogP contribution in [0.2, 0.25) is 0 Å². The SMILES string of the molecule is Cc1cc(C)[n+]2nc(S(=O)(=O)[O-])sc2n1. The summed E-state index contributed by atoms with van der Waals surface area (Å²) in [6.45, 7) is 3.56. The molecule has 8 heteroatoms. The van der Waals surface area contributed by atoms with Crippen molar-refractivity contribution < 1.29 is 17.5 Å². The second-order valence-corrected chi connectivity index (χ2v) is 5.56. The first kappa shape index (κ1) is 10.4. The van der Waals surface area contributed by atoms with Crippen LogP contribution in [0.25, 0.3) is 4.96 Å². The highest BCUT2D eigenvalue weighted by molar-refractivity contribution is 7.88. The molecular formula is C7H7N3O3S2. The first-order valence-electron chi connectivity index (χ1n) is 4.01. The van der Waals surface area contributed by atoms with Gasteiger partial charge in [0, 0.05) is 19.9 Å². The van der Waals surface area contributed by atoms with E-state index >= 15 is 0 Å². The van der Waals surface area contributed by atoms with E-state index in [4.69, 9.17) is 0 Å². The van der Waals surface area contributed by atoms with Crippen LogP contribution < -0.4 is 4.52 Å². The average Bonchev–Trinajstić information content (AvgIpc) is 2.46. The summed E-state index contributed by atoms with van der Waals surface area (Å²) in [5.74, 6) is 0. The maximum atomic E-state index is 10.7. The number of nitrogens with zero attached hydrogens (tertiary/aromatic N) is 3. The molecule has 2 aromatic heterocycles. The van der Waals surface area contributed by atoms with Crippen molar-refractivity contribution in [1.29, 1.82) is 0 Å². The van der Waals surface area contributed by atoms with Gasteiger partial charge in [-0.15, -0.1) is 0 Å². The summed E-state index contributed by atoms with van der Waals surface area (Å²) in [5.41, 5.74) is 1.50. The van der Waals surface area contributed by atoms with Crippen LogP contribution in [0.15, 0.2) is 10.4 Å². The third kappa shape index (κ3) is 1.83. The van der Waals surface area contributed by atoms with Gasteiger partial charge in [-0.05, 0) is 16.3 Å². The normalized spacial score (nSPS) is 12.2. The number of fused-ring (bicyclic) bond motifs is 1. The average molecular weight is 245 g/mol. The summed E-state index contributed by atoms with van der Waals surface area (Å²) in [7, 11) is -4.50. The zero-order valence-electron chi connectivity index (χ0n) is 7.96. The summed E-state index contributed by atoms with van der Waals surface area (Å²) in [6, 6.07) is 1.76. The van der Waals surface area contributed by atoms with Gasteiger partial charge < -0.3 is 4.55 Å². The minimum Gasteiger partial charge on any atom is -0.742 e. The molecule has 2 rings (SSSR count). The van der Waals surface area contributed by atoms with E-state index in [9.17, 15) is 13.0 Å². The van der Waals surface area contributed by atoms with E-state index in [1.165, 1.54) is 4.52 Å². The van der Waals surface area contributed by atoms with Gasteiger partial charge in [-0.2, -0.15) is 0 Å². The molecule has 6 nitrogen and oxygen atoms in total. The molecule has 0 aliphatic carbocycles. The van der Waals surface area contributed by atoms with Crippen molar-refractivity contribution >= 4 is 26.4 Å². The Balaban J connectivity index is 2.82. The second kappa shape index (κ2) is 3.19. The highest BCUT2D eigenvalue weighted by Gasteiger charge is 2.19. The predicted octanol–water partition coefficient (Wildman–Crippen LogP) is -0.202. The Morgan fingerprint density at radius 3 is 2.73 bits per heavy atom. The number of aromatic nitrogens is 3. The molecule has 0 amide bonds. The molecule has 0 atom stereocenters. The van der Waals surface area contributed by atoms with Crippen molar-refractivity contribution in [1.82, 2.24) is 10.1 Å². The zero-order valence-corrected chi connectivity index (χ0v) is 9.59. The summed E-state index contributed by atoms with van der Waals surface area (Å²) in [6.07, 6.45) is 0. The molecule has 0 spiro atoms. The van der Waals surface area contributed by atoms with E-state index in [0.717, 1.165) is 22.7 Å².